The monoisotopic (exact) mass is 593 g/mol. The molecular formula is C40H80O2. The van der Waals surface area contributed by atoms with Crippen LogP contribution in [0.1, 0.15) is 232 Å². The van der Waals surface area contributed by atoms with Gasteiger partial charge < -0.3 is 10.2 Å². The maximum Gasteiger partial charge on any atom is 0.0431 e. The Morgan fingerprint density at radius 3 is 0.762 bits per heavy atom. The highest BCUT2D eigenvalue weighted by Gasteiger charge is 2.41. The van der Waals surface area contributed by atoms with Crippen LogP contribution in [0, 0.1) is 10.8 Å². The lowest BCUT2D eigenvalue weighted by Crippen LogP contribution is -2.35. The van der Waals surface area contributed by atoms with E-state index in [0.717, 1.165) is 12.8 Å². The highest BCUT2D eigenvalue weighted by molar-refractivity contribution is 4.93. The third-order valence-corrected chi connectivity index (χ3v) is 11.2. The second-order valence-electron chi connectivity index (χ2n) is 14.9. The van der Waals surface area contributed by atoms with E-state index < -0.39 is 0 Å². The van der Waals surface area contributed by atoms with Gasteiger partial charge >= 0.3 is 0 Å². The highest BCUT2D eigenvalue weighted by Crippen LogP contribution is 2.54. The van der Waals surface area contributed by atoms with Gasteiger partial charge in [0.05, 0.1) is 0 Å². The van der Waals surface area contributed by atoms with Gasteiger partial charge in [-0.2, -0.15) is 0 Å². The lowest BCUT2D eigenvalue weighted by Gasteiger charge is -2.48. The second-order valence-corrected chi connectivity index (χ2v) is 14.9. The first-order valence-electron chi connectivity index (χ1n) is 19.9. The maximum atomic E-state index is 9.04. The van der Waals surface area contributed by atoms with Crippen LogP contribution in [0.2, 0.25) is 0 Å². The van der Waals surface area contributed by atoms with Gasteiger partial charge in [0.15, 0.2) is 0 Å². The molecule has 0 atom stereocenters. The first-order chi connectivity index (χ1) is 20.7. The summed E-state index contributed by atoms with van der Waals surface area (Å²) < 4.78 is 0. The number of aliphatic hydroxyl groups is 2. The van der Waals surface area contributed by atoms with Gasteiger partial charge in [0, 0.05) is 13.2 Å². The van der Waals surface area contributed by atoms with E-state index in [2.05, 4.69) is 13.8 Å². The summed E-state index contributed by atoms with van der Waals surface area (Å²) in [7, 11) is 0. The molecule has 252 valence electrons. The fourth-order valence-electron chi connectivity index (χ4n) is 8.11. The lowest BCUT2D eigenvalue weighted by atomic mass is 9.58. The molecule has 0 spiro atoms. The Morgan fingerprint density at radius 2 is 0.524 bits per heavy atom. The summed E-state index contributed by atoms with van der Waals surface area (Å²) in [6.07, 6.45) is 47.7. The molecule has 0 aliphatic heterocycles. The zero-order chi connectivity index (χ0) is 30.5. The minimum atomic E-state index is 0.365. The SMILES string of the molecule is CCCCCCCCC1(CCCCCCCC)CCC(CCCCCCCCCO)(CCCCCCCCCO)CC1. The highest BCUT2D eigenvalue weighted by atomic mass is 16.3. The quantitative estimate of drug-likeness (QED) is 0.0763. The van der Waals surface area contributed by atoms with E-state index in [1.54, 1.807) is 0 Å². The molecule has 0 heterocycles. The van der Waals surface area contributed by atoms with E-state index in [9.17, 15) is 0 Å². The van der Waals surface area contributed by atoms with Crippen LogP contribution in [0.15, 0.2) is 0 Å². The van der Waals surface area contributed by atoms with Crippen LogP contribution in [0.3, 0.4) is 0 Å². The molecule has 0 saturated heterocycles. The van der Waals surface area contributed by atoms with Gasteiger partial charge in [-0.25, -0.2) is 0 Å². The molecule has 2 heteroatoms. The van der Waals surface area contributed by atoms with Gasteiger partial charge in [-0.05, 0) is 75.0 Å². The van der Waals surface area contributed by atoms with Crippen molar-refractivity contribution in [3.8, 4) is 0 Å². The van der Waals surface area contributed by atoms with E-state index in [1.807, 2.05) is 0 Å². The van der Waals surface area contributed by atoms with Crippen molar-refractivity contribution in [2.75, 3.05) is 13.2 Å². The zero-order valence-corrected chi connectivity index (χ0v) is 29.4. The van der Waals surface area contributed by atoms with Crippen LogP contribution in [0.4, 0.5) is 0 Å². The van der Waals surface area contributed by atoms with Gasteiger partial charge in [-0.1, -0.05) is 168 Å². The van der Waals surface area contributed by atoms with E-state index >= 15 is 0 Å². The van der Waals surface area contributed by atoms with Crippen molar-refractivity contribution >= 4 is 0 Å². The Morgan fingerprint density at radius 1 is 0.310 bits per heavy atom. The average molecular weight is 593 g/mol. The molecule has 0 aromatic carbocycles. The molecule has 1 aliphatic carbocycles. The third-order valence-electron chi connectivity index (χ3n) is 11.2. The van der Waals surface area contributed by atoms with Crippen LogP contribution < -0.4 is 0 Å². The van der Waals surface area contributed by atoms with E-state index in [-0.39, 0.29) is 0 Å². The molecule has 0 aromatic heterocycles. The molecule has 0 amide bonds. The van der Waals surface area contributed by atoms with Crippen LogP contribution >= 0.6 is 0 Å². The fourth-order valence-corrected chi connectivity index (χ4v) is 8.11. The number of aliphatic hydroxyl groups excluding tert-OH is 2. The topological polar surface area (TPSA) is 40.5 Å². The number of hydrogen-bond acceptors (Lipinski definition) is 2. The van der Waals surface area contributed by atoms with Gasteiger partial charge in [0.1, 0.15) is 0 Å². The summed E-state index contributed by atoms with van der Waals surface area (Å²) in [5.41, 5.74) is 1.30. The Balaban J connectivity index is 2.64. The molecule has 0 aromatic rings. The van der Waals surface area contributed by atoms with E-state index in [4.69, 9.17) is 10.2 Å². The molecule has 0 unspecified atom stereocenters. The maximum absolute atomic E-state index is 9.04. The molecule has 2 nitrogen and oxygen atoms in total. The summed E-state index contributed by atoms with van der Waals surface area (Å²) in [5, 5.41) is 18.1. The Hall–Kier alpha value is -0.0800. The first kappa shape index (κ1) is 39.9. The molecule has 1 saturated carbocycles. The van der Waals surface area contributed by atoms with Gasteiger partial charge in [-0.3, -0.25) is 0 Å². The summed E-state index contributed by atoms with van der Waals surface area (Å²) in [4.78, 5) is 0. The molecular weight excluding hydrogens is 512 g/mol. The summed E-state index contributed by atoms with van der Waals surface area (Å²) >= 11 is 0. The lowest BCUT2D eigenvalue weighted by molar-refractivity contribution is 0.0416. The standard InChI is InChI=1S/C40H80O2/c1-3-5-7-9-17-23-29-39(30-24-18-10-8-6-4-2)33-35-40(36-34-39,31-25-19-13-11-15-21-27-37-41)32-26-20-14-12-16-22-28-38-42/h41-42H,3-38H2,1-2H3. The molecule has 42 heavy (non-hydrogen) atoms. The normalized spacial score (nSPS) is 16.3. The van der Waals surface area contributed by atoms with Crippen LogP contribution in [-0.4, -0.2) is 23.4 Å². The largest absolute Gasteiger partial charge is 0.396 e. The molecule has 1 aliphatic rings. The number of unbranched alkanes of at least 4 members (excludes halogenated alkanes) is 22. The average Bonchev–Trinajstić information content (AvgIpc) is 3.01. The molecule has 0 radical (unpaired) electrons. The van der Waals surface area contributed by atoms with Crippen LogP contribution in [0.5, 0.6) is 0 Å². The molecule has 1 fully saturated rings. The second kappa shape index (κ2) is 28.4. The number of hydrogen-bond donors (Lipinski definition) is 2. The fraction of sp³-hybridized carbons (Fsp3) is 1.00. The van der Waals surface area contributed by atoms with Gasteiger partial charge in [0.25, 0.3) is 0 Å². The molecule has 2 N–H and O–H groups in total. The minimum absolute atomic E-state index is 0.365. The summed E-state index contributed by atoms with van der Waals surface area (Å²) in [5.74, 6) is 0. The van der Waals surface area contributed by atoms with Crippen molar-refractivity contribution in [3.05, 3.63) is 0 Å². The molecule has 0 bridgehead atoms. The van der Waals surface area contributed by atoms with Crippen molar-refractivity contribution in [2.24, 2.45) is 10.8 Å². The summed E-state index contributed by atoms with van der Waals surface area (Å²) in [6.45, 7) is 5.40. The van der Waals surface area contributed by atoms with Crippen molar-refractivity contribution in [3.63, 3.8) is 0 Å². The Bertz CT molecular complexity index is 496. The van der Waals surface area contributed by atoms with Gasteiger partial charge in [-0.15, -0.1) is 0 Å². The van der Waals surface area contributed by atoms with Crippen molar-refractivity contribution in [2.45, 2.75) is 232 Å². The van der Waals surface area contributed by atoms with Crippen molar-refractivity contribution in [1.29, 1.82) is 0 Å². The van der Waals surface area contributed by atoms with Crippen LogP contribution in [-0.2, 0) is 0 Å². The van der Waals surface area contributed by atoms with E-state index in [1.165, 1.54) is 205 Å². The smallest absolute Gasteiger partial charge is 0.0431 e. The predicted octanol–water partition coefficient (Wildman–Crippen LogP) is 13.3. The van der Waals surface area contributed by atoms with Crippen molar-refractivity contribution in [1.82, 2.24) is 0 Å². The Labute approximate surface area is 266 Å². The zero-order valence-electron chi connectivity index (χ0n) is 29.4. The van der Waals surface area contributed by atoms with Crippen LogP contribution in [0.25, 0.3) is 0 Å². The van der Waals surface area contributed by atoms with Crippen molar-refractivity contribution < 1.29 is 10.2 Å². The number of rotatable bonds is 32. The van der Waals surface area contributed by atoms with Gasteiger partial charge in [0.2, 0.25) is 0 Å². The van der Waals surface area contributed by atoms with E-state index in [0.29, 0.717) is 24.0 Å². The predicted molar refractivity (Wildman–Crippen MR) is 187 cm³/mol. The third kappa shape index (κ3) is 20.8. The summed E-state index contributed by atoms with van der Waals surface area (Å²) in [6, 6.07) is 0. The minimum Gasteiger partial charge on any atom is -0.396 e. The Kier molecular flexibility index (Phi) is 27.0. The molecule has 1 rings (SSSR count). The first-order valence-corrected chi connectivity index (χ1v) is 19.9.